The molecule has 0 aromatic heterocycles. The third kappa shape index (κ3) is 7.05. The molecule has 3 amide bonds. The van der Waals surface area contributed by atoms with Gasteiger partial charge in [0.2, 0.25) is 11.8 Å². The van der Waals surface area contributed by atoms with E-state index in [1.807, 2.05) is 26.8 Å². The first-order chi connectivity index (χ1) is 16.6. The molecule has 1 fully saturated rings. The van der Waals surface area contributed by atoms with E-state index in [2.05, 4.69) is 10.6 Å². The molecular weight excluding hydrogens is 450 g/mol. The Morgan fingerprint density at radius 3 is 2.43 bits per heavy atom. The van der Waals surface area contributed by atoms with Crippen LogP contribution in [0.25, 0.3) is 0 Å². The van der Waals surface area contributed by atoms with Crippen molar-refractivity contribution in [2.45, 2.75) is 46.2 Å². The van der Waals surface area contributed by atoms with Crippen LogP contribution in [-0.2, 0) is 20.9 Å². The van der Waals surface area contributed by atoms with E-state index in [0.29, 0.717) is 17.8 Å². The first kappa shape index (κ1) is 25.7. The van der Waals surface area contributed by atoms with Gasteiger partial charge in [-0.25, -0.2) is 4.79 Å². The van der Waals surface area contributed by atoms with Gasteiger partial charge in [0.25, 0.3) is 5.91 Å². The third-order valence-corrected chi connectivity index (χ3v) is 5.53. The van der Waals surface area contributed by atoms with Gasteiger partial charge in [-0.2, -0.15) is 0 Å². The predicted octanol–water partition coefficient (Wildman–Crippen LogP) is 3.74. The van der Waals surface area contributed by atoms with Gasteiger partial charge < -0.3 is 25.0 Å². The van der Waals surface area contributed by atoms with Crippen molar-refractivity contribution >= 4 is 29.6 Å². The monoisotopic (exact) mass is 481 g/mol. The number of hydrogen-bond donors (Lipinski definition) is 2. The Balaban J connectivity index is 1.53. The second kappa shape index (κ2) is 11.0. The second-order valence-electron chi connectivity index (χ2n) is 9.26. The fraction of sp³-hybridized carbons (Fsp3) is 0.385. The van der Waals surface area contributed by atoms with Gasteiger partial charge in [0.15, 0.2) is 0 Å². The predicted molar refractivity (Wildman–Crippen MR) is 130 cm³/mol. The molecule has 0 spiro atoms. The number of amides is 3. The first-order valence-electron chi connectivity index (χ1n) is 11.5. The van der Waals surface area contributed by atoms with Gasteiger partial charge in [-0.3, -0.25) is 14.4 Å². The lowest BCUT2D eigenvalue weighted by Gasteiger charge is -2.31. The second-order valence-corrected chi connectivity index (χ2v) is 9.26. The number of anilines is 1. The zero-order valence-electron chi connectivity index (χ0n) is 20.4. The first-order valence-corrected chi connectivity index (χ1v) is 11.5. The maximum atomic E-state index is 12.7. The van der Waals surface area contributed by atoms with E-state index in [4.69, 9.17) is 9.47 Å². The Hall–Kier alpha value is -3.88. The van der Waals surface area contributed by atoms with Crippen molar-refractivity contribution in [3.05, 3.63) is 59.7 Å². The lowest BCUT2D eigenvalue weighted by Crippen LogP contribution is -2.42. The average Bonchev–Trinajstić information content (AvgIpc) is 3.21. The lowest BCUT2D eigenvalue weighted by molar-refractivity contribution is -0.131. The molecule has 2 N–H and O–H groups in total. The molecule has 0 bridgehead atoms. The maximum absolute atomic E-state index is 12.7. The van der Waals surface area contributed by atoms with Gasteiger partial charge in [-0.05, 0) is 69.7 Å². The summed E-state index contributed by atoms with van der Waals surface area (Å²) >= 11 is 0. The number of nitrogens with zero attached hydrogens (tertiary/aromatic N) is 1. The quantitative estimate of drug-likeness (QED) is 0.460. The summed E-state index contributed by atoms with van der Waals surface area (Å²) in [6.07, 6.45) is -0.606. The molecule has 2 aromatic carbocycles. The number of hydrogen-bond acceptors (Lipinski definition) is 6. The number of ether oxygens (including phenoxy) is 2. The molecule has 1 heterocycles. The van der Waals surface area contributed by atoms with E-state index in [-0.39, 0.29) is 48.6 Å². The average molecular weight is 482 g/mol. The van der Waals surface area contributed by atoms with E-state index in [1.54, 1.807) is 42.2 Å². The highest BCUT2D eigenvalue weighted by Crippen LogP contribution is 2.27. The normalized spacial score (nSPS) is 15.5. The third-order valence-electron chi connectivity index (χ3n) is 5.53. The molecular formula is C26H31N3O6. The van der Waals surface area contributed by atoms with Gasteiger partial charge in [-0.15, -0.1) is 0 Å². The Kier molecular flexibility index (Phi) is 8.11. The maximum Gasteiger partial charge on any atom is 0.513 e. The van der Waals surface area contributed by atoms with Crippen molar-refractivity contribution in [3.8, 4) is 5.75 Å². The van der Waals surface area contributed by atoms with Gasteiger partial charge in [-0.1, -0.05) is 12.1 Å². The summed E-state index contributed by atoms with van der Waals surface area (Å²) in [5.74, 6) is -0.640. The summed E-state index contributed by atoms with van der Waals surface area (Å²) in [5, 5.41) is 5.71. The molecule has 9 nitrogen and oxygen atoms in total. The number of carbonyl (C=O) groups is 4. The highest BCUT2D eigenvalue weighted by Gasteiger charge is 2.39. The summed E-state index contributed by atoms with van der Waals surface area (Å²) in [6, 6.07) is 13.3. The summed E-state index contributed by atoms with van der Waals surface area (Å²) in [4.78, 5) is 50.6. The topological polar surface area (TPSA) is 114 Å². The van der Waals surface area contributed by atoms with Gasteiger partial charge in [0.1, 0.15) is 5.75 Å². The summed E-state index contributed by atoms with van der Waals surface area (Å²) in [7, 11) is 0. The number of benzene rings is 2. The van der Waals surface area contributed by atoms with E-state index >= 15 is 0 Å². The van der Waals surface area contributed by atoms with Crippen LogP contribution in [0.1, 0.15) is 50.0 Å². The molecule has 1 aliphatic heterocycles. The molecule has 35 heavy (non-hydrogen) atoms. The molecule has 1 atom stereocenters. The fourth-order valence-corrected chi connectivity index (χ4v) is 3.74. The number of nitrogens with one attached hydrogen (secondary N) is 2. The summed E-state index contributed by atoms with van der Waals surface area (Å²) < 4.78 is 9.69. The molecule has 186 valence electrons. The van der Waals surface area contributed by atoms with Crippen LogP contribution in [0.5, 0.6) is 5.75 Å². The number of likely N-dealkylation sites (tertiary alicyclic amines) is 1. The molecule has 1 saturated heterocycles. The fourth-order valence-electron chi connectivity index (χ4n) is 3.74. The van der Waals surface area contributed by atoms with Crippen molar-refractivity contribution in [2.75, 3.05) is 18.5 Å². The van der Waals surface area contributed by atoms with Crippen molar-refractivity contribution in [1.82, 2.24) is 10.2 Å². The minimum Gasteiger partial charge on any atom is -0.434 e. The minimum absolute atomic E-state index is 0.0189. The van der Waals surface area contributed by atoms with E-state index in [1.165, 1.54) is 12.1 Å². The van der Waals surface area contributed by atoms with Crippen LogP contribution < -0.4 is 15.4 Å². The molecule has 9 heteroatoms. The SMILES string of the molecule is CCOC(=O)Oc1ccc(C(=O)NCc2cccc(NC(=O)C3CC(=O)N(C(C)(C)C)C3)c2)cc1. The minimum atomic E-state index is -0.803. The molecule has 3 rings (SSSR count). The highest BCUT2D eigenvalue weighted by molar-refractivity contribution is 5.97. The van der Waals surface area contributed by atoms with E-state index in [9.17, 15) is 19.2 Å². The lowest BCUT2D eigenvalue weighted by atomic mass is 10.1. The zero-order valence-corrected chi connectivity index (χ0v) is 20.4. The van der Waals surface area contributed by atoms with Crippen molar-refractivity contribution in [2.24, 2.45) is 5.92 Å². The van der Waals surface area contributed by atoms with Crippen molar-refractivity contribution < 1.29 is 28.7 Å². The number of carbonyl (C=O) groups excluding carboxylic acids is 4. The largest absolute Gasteiger partial charge is 0.513 e. The standard InChI is InChI=1S/C26H31N3O6/c1-5-34-25(33)35-21-11-9-18(10-12-21)23(31)27-15-17-7-6-8-20(13-17)28-24(32)19-14-22(30)29(16-19)26(2,3)4/h6-13,19H,5,14-16H2,1-4H3,(H,27,31)(H,28,32). The van der Waals surface area contributed by atoms with Crippen LogP contribution in [0.4, 0.5) is 10.5 Å². The van der Waals surface area contributed by atoms with Crippen LogP contribution in [-0.4, -0.2) is 47.5 Å². The molecule has 2 aromatic rings. The van der Waals surface area contributed by atoms with Crippen LogP contribution in [0.15, 0.2) is 48.5 Å². The molecule has 0 aliphatic carbocycles. The molecule has 1 unspecified atom stereocenters. The van der Waals surface area contributed by atoms with Crippen molar-refractivity contribution in [3.63, 3.8) is 0 Å². The van der Waals surface area contributed by atoms with Gasteiger partial charge >= 0.3 is 6.16 Å². The van der Waals surface area contributed by atoms with Gasteiger partial charge in [0, 0.05) is 36.3 Å². The Morgan fingerprint density at radius 1 is 1.09 bits per heavy atom. The number of rotatable bonds is 7. The Morgan fingerprint density at radius 2 is 1.80 bits per heavy atom. The van der Waals surface area contributed by atoms with Crippen LogP contribution in [0.3, 0.4) is 0 Å². The van der Waals surface area contributed by atoms with Crippen LogP contribution in [0.2, 0.25) is 0 Å². The Bertz CT molecular complexity index is 1090. The van der Waals surface area contributed by atoms with Crippen molar-refractivity contribution in [1.29, 1.82) is 0 Å². The molecule has 0 radical (unpaired) electrons. The van der Waals surface area contributed by atoms with E-state index < -0.39 is 12.1 Å². The van der Waals surface area contributed by atoms with Gasteiger partial charge in [0.05, 0.1) is 12.5 Å². The summed E-state index contributed by atoms with van der Waals surface area (Å²) in [5.41, 5.74) is 1.49. The smallest absolute Gasteiger partial charge is 0.434 e. The highest BCUT2D eigenvalue weighted by atomic mass is 16.7. The zero-order chi connectivity index (χ0) is 25.6. The Labute approximate surface area is 204 Å². The van der Waals surface area contributed by atoms with Crippen LogP contribution >= 0.6 is 0 Å². The summed E-state index contributed by atoms with van der Waals surface area (Å²) in [6.45, 7) is 8.39. The van der Waals surface area contributed by atoms with Crippen LogP contribution in [0, 0.1) is 5.92 Å². The van der Waals surface area contributed by atoms with E-state index in [0.717, 1.165) is 5.56 Å². The molecule has 0 saturated carbocycles. The molecule has 1 aliphatic rings.